The fourth-order valence-corrected chi connectivity index (χ4v) is 1.35. The second-order valence-electron chi connectivity index (χ2n) is 3.33. The van der Waals surface area contributed by atoms with Crippen LogP contribution in [0.3, 0.4) is 0 Å². The van der Waals surface area contributed by atoms with Gasteiger partial charge in [-0.1, -0.05) is 0 Å². The number of aliphatic hydroxyl groups is 1. The minimum absolute atomic E-state index is 0.0597. The van der Waals surface area contributed by atoms with Crippen LogP contribution in [0.5, 0.6) is 0 Å². The molecular weight excluding hydrogens is 204 g/mol. The maximum atomic E-state index is 10.6. The fourth-order valence-electron chi connectivity index (χ4n) is 1.35. The molecule has 0 aromatic carbocycles. The Morgan fingerprint density at radius 2 is 2.07 bits per heavy atom. The number of ether oxygens (including phenoxy) is 3. The van der Waals surface area contributed by atoms with Crippen molar-refractivity contribution < 1.29 is 28.9 Å². The Hall–Kier alpha value is -1.14. The summed E-state index contributed by atoms with van der Waals surface area (Å²) in [5.74, 6) is -0.889. The predicted molar refractivity (Wildman–Crippen MR) is 47.7 cm³/mol. The standard InChI is InChI=1S/C9H14O6/c1-5(10)13-4-7-3-8(9(12)15-7)14-6(2)11/h7-9,12H,3-4H2,1-2H3/t7?,8-,9?/m1/s1. The van der Waals surface area contributed by atoms with Crippen LogP contribution in [-0.4, -0.2) is 42.1 Å². The molecule has 1 aliphatic heterocycles. The van der Waals surface area contributed by atoms with Gasteiger partial charge in [0.05, 0.1) is 6.10 Å². The number of rotatable bonds is 3. The fraction of sp³-hybridized carbons (Fsp3) is 0.778. The molecule has 0 aromatic heterocycles. The Bertz CT molecular complexity index is 251. The van der Waals surface area contributed by atoms with E-state index in [9.17, 15) is 14.7 Å². The van der Waals surface area contributed by atoms with E-state index < -0.39 is 30.4 Å². The van der Waals surface area contributed by atoms with Crippen LogP contribution in [0.1, 0.15) is 20.3 Å². The average Bonchev–Trinajstić information content (AvgIpc) is 2.43. The molecule has 86 valence electrons. The van der Waals surface area contributed by atoms with Crippen molar-refractivity contribution in [3.05, 3.63) is 0 Å². The zero-order chi connectivity index (χ0) is 11.4. The lowest BCUT2D eigenvalue weighted by atomic mass is 10.2. The highest BCUT2D eigenvalue weighted by Gasteiger charge is 2.36. The SMILES string of the molecule is CC(=O)OCC1C[C@@H](OC(C)=O)C(O)O1. The van der Waals surface area contributed by atoms with Gasteiger partial charge in [0.15, 0.2) is 12.4 Å². The largest absolute Gasteiger partial charge is 0.463 e. The molecule has 3 atom stereocenters. The summed E-state index contributed by atoms with van der Waals surface area (Å²) in [5.41, 5.74) is 0. The summed E-state index contributed by atoms with van der Waals surface area (Å²) in [5, 5.41) is 9.33. The molecular formula is C9H14O6. The summed E-state index contributed by atoms with van der Waals surface area (Å²) in [6.45, 7) is 2.60. The topological polar surface area (TPSA) is 82.1 Å². The molecule has 6 nitrogen and oxygen atoms in total. The van der Waals surface area contributed by atoms with E-state index in [-0.39, 0.29) is 6.61 Å². The lowest BCUT2D eigenvalue weighted by Crippen LogP contribution is -2.25. The number of carbonyl (C=O) groups excluding carboxylic acids is 2. The van der Waals surface area contributed by atoms with Gasteiger partial charge in [-0.05, 0) is 0 Å². The van der Waals surface area contributed by atoms with Crippen molar-refractivity contribution in [1.29, 1.82) is 0 Å². The highest BCUT2D eigenvalue weighted by Crippen LogP contribution is 2.21. The summed E-state index contributed by atoms with van der Waals surface area (Å²) in [6.07, 6.45) is -1.92. The predicted octanol–water partition coefficient (Wildman–Crippen LogP) is -0.412. The van der Waals surface area contributed by atoms with E-state index in [2.05, 4.69) is 0 Å². The lowest BCUT2D eigenvalue weighted by molar-refractivity contribution is -0.170. The maximum Gasteiger partial charge on any atom is 0.303 e. The van der Waals surface area contributed by atoms with Gasteiger partial charge in [-0.3, -0.25) is 9.59 Å². The van der Waals surface area contributed by atoms with Crippen LogP contribution in [0.2, 0.25) is 0 Å². The van der Waals surface area contributed by atoms with Crippen molar-refractivity contribution in [3.63, 3.8) is 0 Å². The minimum atomic E-state index is -1.14. The molecule has 0 aromatic rings. The molecule has 1 saturated heterocycles. The molecule has 1 rings (SSSR count). The molecule has 0 radical (unpaired) electrons. The molecule has 0 aliphatic carbocycles. The molecule has 0 saturated carbocycles. The zero-order valence-corrected chi connectivity index (χ0v) is 8.63. The van der Waals surface area contributed by atoms with E-state index in [1.807, 2.05) is 0 Å². The number of esters is 2. The molecule has 0 amide bonds. The first-order valence-electron chi connectivity index (χ1n) is 4.63. The summed E-state index contributed by atoms with van der Waals surface area (Å²) in [7, 11) is 0. The highest BCUT2D eigenvalue weighted by atomic mass is 16.7. The Kier molecular flexibility index (Phi) is 4.05. The molecule has 0 spiro atoms. The van der Waals surface area contributed by atoms with Crippen LogP contribution in [0.15, 0.2) is 0 Å². The smallest absolute Gasteiger partial charge is 0.303 e. The summed E-state index contributed by atoms with van der Waals surface area (Å²) < 4.78 is 14.5. The third-order valence-corrected chi connectivity index (χ3v) is 1.93. The van der Waals surface area contributed by atoms with Crippen LogP contribution in [0.25, 0.3) is 0 Å². The Balaban J connectivity index is 2.34. The summed E-state index contributed by atoms with van der Waals surface area (Å²) in [4.78, 5) is 21.2. The highest BCUT2D eigenvalue weighted by molar-refractivity contribution is 5.66. The molecule has 0 bridgehead atoms. The first kappa shape index (κ1) is 11.9. The van der Waals surface area contributed by atoms with E-state index in [0.717, 1.165) is 0 Å². The number of hydrogen-bond donors (Lipinski definition) is 1. The molecule has 1 fully saturated rings. The lowest BCUT2D eigenvalue weighted by Gasteiger charge is -2.11. The second-order valence-corrected chi connectivity index (χ2v) is 3.33. The van der Waals surface area contributed by atoms with Crippen LogP contribution >= 0.6 is 0 Å². The summed E-state index contributed by atoms with van der Waals surface area (Å²) >= 11 is 0. The van der Waals surface area contributed by atoms with Crippen molar-refractivity contribution in [2.45, 2.75) is 38.8 Å². The molecule has 15 heavy (non-hydrogen) atoms. The van der Waals surface area contributed by atoms with Crippen molar-refractivity contribution >= 4 is 11.9 Å². The quantitative estimate of drug-likeness (QED) is 0.648. The van der Waals surface area contributed by atoms with Crippen LogP contribution in [0, 0.1) is 0 Å². The number of carbonyl (C=O) groups is 2. The van der Waals surface area contributed by atoms with Crippen molar-refractivity contribution in [2.24, 2.45) is 0 Å². The molecule has 1 aliphatic rings. The van der Waals surface area contributed by atoms with E-state index in [0.29, 0.717) is 6.42 Å². The van der Waals surface area contributed by atoms with Gasteiger partial charge in [0, 0.05) is 20.3 Å². The number of hydrogen-bond acceptors (Lipinski definition) is 6. The van der Waals surface area contributed by atoms with Gasteiger partial charge in [-0.15, -0.1) is 0 Å². The minimum Gasteiger partial charge on any atom is -0.463 e. The third-order valence-electron chi connectivity index (χ3n) is 1.93. The monoisotopic (exact) mass is 218 g/mol. The van der Waals surface area contributed by atoms with E-state index in [1.165, 1.54) is 13.8 Å². The van der Waals surface area contributed by atoms with Crippen molar-refractivity contribution in [1.82, 2.24) is 0 Å². The Morgan fingerprint density at radius 1 is 1.40 bits per heavy atom. The first-order valence-corrected chi connectivity index (χ1v) is 4.63. The molecule has 1 heterocycles. The molecule has 2 unspecified atom stereocenters. The van der Waals surface area contributed by atoms with E-state index in [4.69, 9.17) is 14.2 Å². The van der Waals surface area contributed by atoms with Gasteiger partial charge in [0.2, 0.25) is 0 Å². The van der Waals surface area contributed by atoms with Crippen LogP contribution in [-0.2, 0) is 23.8 Å². The van der Waals surface area contributed by atoms with Crippen molar-refractivity contribution in [2.75, 3.05) is 6.61 Å². The van der Waals surface area contributed by atoms with E-state index in [1.54, 1.807) is 0 Å². The van der Waals surface area contributed by atoms with Gasteiger partial charge < -0.3 is 19.3 Å². The Labute approximate surface area is 87.1 Å². The van der Waals surface area contributed by atoms with E-state index >= 15 is 0 Å². The molecule has 1 N–H and O–H groups in total. The van der Waals surface area contributed by atoms with Crippen LogP contribution < -0.4 is 0 Å². The summed E-state index contributed by atoms with van der Waals surface area (Å²) in [6, 6.07) is 0. The van der Waals surface area contributed by atoms with Gasteiger partial charge in [0.1, 0.15) is 6.61 Å². The van der Waals surface area contributed by atoms with Crippen LogP contribution in [0.4, 0.5) is 0 Å². The average molecular weight is 218 g/mol. The van der Waals surface area contributed by atoms with Gasteiger partial charge in [-0.25, -0.2) is 0 Å². The number of aliphatic hydroxyl groups excluding tert-OH is 1. The van der Waals surface area contributed by atoms with Gasteiger partial charge in [-0.2, -0.15) is 0 Å². The zero-order valence-electron chi connectivity index (χ0n) is 8.63. The normalized spacial score (nSPS) is 29.9. The van der Waals surface area contributed by atoms with Gasteiger partial charge >= 0.3 is 11.9 Å². The Morgan fingerprint density at radius 3 is 2.60 bits per heavy atom. The third kappa shape index (κ3) is 3.85. The molecule has 6 heteroatoms. The second kappa shape index (κ2) is 5.09. The first-order chi connectivity index (χ1) is 6.99. The van der Waals surface area contributed by atoms with Crippen molar-refractivity contribution in [3.8, 4) is 0 Å². The van der Waals surface area contributed by atoms with Gasteiger partial charge in [0.25, 0.3) is 0 Å². The maximum absolute atomic E-state index is 10.6.